The van der Waals surface area contributed by atoms with Crippen molar-refractivity contribution in [1.82, 2.24) is 25.5 Å². The Balaban J connectivity index is 2.36. The van der Waals surface area contributed by atoms with Crippen molar-refractivity contribution in [2.45, 2.75) is 43.8 Å². The van der Waals surface area contributed by atoms with E-state index in [1.165, 1.54) is 0 Å². The van der Waals surface area contributed by atoms with Crippen molar-refractivity contribution >= 4 is 17.7 Å². The summed E-state index contributed by atoms with van der Waals surface area (Å²) in [4.78, 5) is 11.5. The molecular weight excluding hydrogens is 264 g/mol. The van der Waals surface area contributed by atoms with Crippen LogP contribution >= 0.6 is 11.8 Å². The van der Waals surface area contributed by atoms with Gasteiger partial charge in [0.2, 0.25) is 11.1 Å². The number of aryl methyl sites for hydroxylation is 1. The second-order valence-electron chi connectivity index (χ2n) is 4.66. The van der Waals surface area contributed by atoms with Crippen LogP contribution < -0.4 is 11.1 Å². The zero-order valence-electron chi connectivity index (χ0n) is 11.7. The molecule has 1 atom stereocenters. The highest BCUT2D eigenvalue weighted by Crippen LogP contribution is 2.18. The highest BCUT2D eigenvalue weighted by Gasteiger charge is 2.29. The van der Waals surface area contributed by atoms with Crippen LogP contribution in [0.2, 0.25) is 0 Å². The lowest BCUT2D eigenvalue weighted by molar-refractivity contribution is -0.124. The highest BCUT2D eigenvalue weighted by molar-refractivity contribution is 7.99. The number of tetrazole rings is 1. The van der Waals surface area contributed by atoms with Gasteiger partial charge >= 0.3 is 0 Å². The van der Waals surface area contributed by atoms with Gasteiger partial charge in [-0.25, -0.2) is 4.68 Å². The summed E-state index contributed by atoms with van der Waals surface area (Å²) in [6.45, 7) is 4.71. The van der Waals surface area contributed by atoms with E-state index in [0.717, 1.165) is 30.3 Å². The Kier molecular flexibility index (Phi) is 6.23. The average Bonchev–Trinajstić information content (AvgIpc) is 2.78. The van der Waals surface area contributed by atoms with Gasteiger partial charge in [-0.15, -0.1) is 5.10 Å². The maximum atomic E-state index is 11.5. The van der Waals surface area contributed by atoms with E-state index < -0.39 is 5.54 Å². The number of carbonyl (C=O) groups is 1. The van der Waals surface area contributed by atoms with Gasteiger partial charge in [0.05, 0.1) is 5.54 Å². The van der Waals surface area contributed by atoms with Crippen molar-refractivity contribution in [1.29, 1.82) is 0 Å². The second kappa shape index (κ2) is 7.44. The number of carbonyl (C=O) groups excluding carboxylic acids is 1. The SMILES string of the molecule is CCCNC(C)(CCCSc1nnnn1C)C(N)=O. The average molecular weight is 286 g/mol. The predicted molar refractivity (Wildman–Crippen MR) is 74.6 cm³/mol. The minimum atomic E-state index is -0.630. The Morgan fingerprint density at radius 1 is 1.58 bits per heavy atom. The lowest BCUT2D eigenvalue weighted by Crippen LogP contribution is -2.53. The van der Waals surface area contributed by atoms with Gasteiger partial charge in [0.25, 0.3) is 0 Å². The zero-order valence-corrected chi connectivity index (χ0v) is 12.5. The van der Waals surface area contributed by atoms with Crippen LogP contribution in [0.3, 0.4) is 0 Å². The van der Waals surface area contributed by atoms with Gasteiger partial charge in [0, 0.05) is 12.8 Å². The van der Waals surface area contributed by atoms with Gasteiger partial charge in [-0.3, -0.25) is 4.79 Å². The number of aromatic nitrogens is 4. The molecule has 0 radical (unpaired) electrons. The number of hydrogen-bond acceptors (Lipinski definition) is 6. The van der Waals surface area contributed by atoms with E-state index in [2.05, 4.69) is 27.8 Å². The van der Waals surface area contributed by atoms with Gasteiger partial charge in [-0.05, 0) is 43.2 Å². The molecule has 1 heterocycles. The summed E-state index contributed by atoms with van der Waals surface area (Å²) >= 11 is 1.58. The van der Waals surface area contributed by atoms with E-state index in [-0.39, 0.29) is 5.91 Å². The molecule has 0 saturated heterocycles. The van der Waals surface area contributed by atoms with Crippen molar-refractivity contribution in [3.05, 3.63) is 0 Å². The second-order valence-corrected chi connectivity index (χ2v) is 5.72. The summed E-state index contributed by atoms with van der Waals surface area (Å²) in [6.07, 6.45) is 2.55. The van der Waals surface area contributed by atoms with Crippen LogP contribution in [0.5, 0.6) is 0 Å². The number of thioether (sulfide) groups is 1. The summed E-state index contributed by atoms with van der Waals surface area (Å²) in [5.74, 6) is 0.552. The maximum absolute atomic E-state index is 11.5. The normalized spacial score (nSPS) is 14.3. The molecule has 19 heavy (non-hydrogen) atoms. The van der Waals surface area contributed by atoms with Gasteiger partial charge < -0.3 is 11.1 Å². The molecule has 0 aliphatic rings. The molecule has 108 valence electrons. The Morgan fingerprint density at radius 3 is 2.84 bits per heavy atom. The van der Waals surface area contributed by atoms with Crippen molar-refractivity contribution in [2.24, 2.45) is 12.8 Å². The number of nitrogens with zero attached hydrogens (tertiary/aromatic N) is 4. The number of amides is 1. The minimum absolute atomic E-state index is 0.300. The number of hydrogen-bond donors (Lipinski definition) is 2. The summed E-state index contributed by atoms with van der Waals surface area (Å²) in [5, 5.41) is 15.2. The van der Waals surface area contributed by atoms with E-state index in [9.17, 15) is 4.79 Å². The third-order valence-electron chi connectivity index (χ3n) is 2.94. The molecule has 0 aromatic carbocycles. The van der Waals surface area contributed by atoms with Gasteiger partial charge in [-0.2, -0.15) is 0 Å². The Morgan fingerprint density at radius 2 is 2.32 bits per heavy atom. The Labute approximate surface area is 117 Å². The molecule has 7 nitrogen and oxygen atoms in total. The Hall–Kier alpha value is -1.15. The molecule has 1 aromatic heterocycles. The predicted octanol–water partition coefficient (Wildman–Crippen LogP) is 0.326. The fourth-order valence-corrected chi connectivity index (χ4v) is 2.42. The van der Waals surface area contributed by atoms with Crippen molar-refractivity contribution in [2.75, 3.05) is 12.3 Å². The quantitative estimate of drug-likeness (QED) is 0.501. The van der Waals surface area contributed by atoms with Crippen molar-refractivity contribution < 1.29 is 4.79 Å². The van der Waals surface area contributed by atoms with Crippen LogP contribution in [0, 0.1) is 0 Å². The lowest BCUT2D eigenvalue weighted by atomic mass is 9.95. The molecule has 0 saturated carbocycles. The van der Waals surface area contributed by atoms with Crippen molar-refractivity contribution in [3.63, 3.8) is 0 Å². The molecule has 0 fully saturated rings. The summed E-state index contributed by atoms with van der Waals surface area (Å²) in [5.41, 5.74) is 4.84. The lowest BCUT2D eigenvalue weighted by Gasteiger charge is -2.27. The summed E-state index contributed by atoms with van der Waals surface area (Å²) in [6, 6.07) is 0. The monoisotopic (exact) mass is 286 g/mol. The first-order valence-electron chi connectivity index (χ1n) is 6.39. The van der Waals surface area contributed by atoms with E-state index in [1.807, 2.05) is 6.92 Å². The van der Waals surface area contributed by atoms with Crippen LogP contribution in [-0.4, -0.2) is 44.0 Å². The zero-order chi connectivity index (χ0) is 14.3. The number of nitrogens with two attached hydrogens (primary N) is 1. The number of rotatable bonds is 9. The largest absolute Gasteiger partial charge is 0.368 e. The molecule has 1 unspecified atom stereocenters. The fourth-order valence-electron chi connectivity index (χ4n) is 1.63. The molecular formula is C11H22N6OS. The topological polar surface area (TPSA) is 98.7 Å². The third kappa shape index (κ3) is 4.79. The van der Waals surface area contributed by atoms with Crippen LogP contribution in [0.15, 0.2) is 5.16 Å². The standard InChI is InChI=1S/C11H22N6OS/c1-4-7-13-11(2,9(12)18)6-5-8-19-10-14-15-16-17(10)3/h13H,4-8H2,1-3H3,(H2,12,18). The number of nitrogens with one attached hydrogen (secondary N) is 1. The molecule has 1 aromatic rings. The fraction of sp³-hybridized carbons (Fsp3) is 0.818. The molecule has 1 rings (SSSR count). The van der Waals surface area contributed by atoms with E-state index in [1.54, 1.807) is 23.5 Å². The Bertz CT molecular complexity index is 410. The van der Waals surface area contributed by atoms with Crippen LogP contribution in [0.4, 0.5) is 0 Å². The third-order valence-corrected chi connectivity index (χ3v) is 4.04. The maximum Gasteiger partial charge on any atom is 0.237 e. The van der Waals surface area contributed by atoms with E-state index >= 15 is 0 Å². The van der Waals surface area contributed by atoms with Gasteiger partial charge in [0.15, 0.2) is 0 Å². The van der Waals surface area contributed by atoms with Gasteiger partial charge in [-0.1, -0.05) is 18.7 Å². The summed E-state index contributed by atoms with van der Waals surface area (Å²) in [7, 11) is 1.80. The molecule has 0 spiro atoms. The first-order valence-corrected chi connectivity index (χ1v) is 7.38. The van der Waals surface area contributed by atoms with Crippen LogP contribution in [0.25, 0.3) is 0 Å². The molecule has 8 heteroatoms. The van der Waals surface area contributed by atoms with Crippen LogP contribution in [0.1, 0.15) is 33.1 Å². The molecule has 3 N–H and O–H groups in total. The molecule has 0 bridgehead atoms. The first-order chi connectivity index (χ1) is 8.99. The van der Waals surface area contributed by atoms with E-state index in [0.29, 0.717) is 6.42 Å². The molecule has 0 aliphatic carbocycles. The molecule has 0 aliphatic heterocycles. The molecule has 1 amide bonds. The van der Waals surface area contributed by atoms with Crippen molar-refractivity contribution in [3.8, 4) is 0 Å². The highest BCUT2D eigenvalue weighted by atomic mass is 32.2. The van der Waals surface area contributed by atoms with Gasteiger partial charge in [0.1, 0.15) is 0 Å². The minimum Gasteiger partial charge on any atom is -0.368 e. The summed E-state index contributed by atoms with van der Waals surface area (Å²) < 4.78 is 1.63. The number of primary amides is 1. The van der Waals surface area contributed by atoms with Crippen LogP contribution in [-0.2, 0) is 11.8 Å². The smallest absolute Gasteiger partial charge is 0.237 e. The first kappa shape index (κ1) is 15.9. The van der Waals surface area contributed by atoms with E-state index in [4.69, 9.17) is 5.73 Å².